The lowest BCUT2D eigenvalue weighted by Gasteiger charge is -2.29. The maximum Gasteiger partial charge on any atom is 0.206 e. The third-order valence-electron chi connectivity index (χ3n) is 4.25. The average molecular weight is 334 g/mol. The van der Waals surface area contributed by atoms with Gasteiger partial charge in [0.2, 0.25) is 9.84 Å². The molecule has 0 radical (unpaired) electrons. The number of sulfone groups is 1. The Balaban J connectivity index is 1.79. The number of epoxide rings is 1. The summed E-state index contributed by atoms with van der Waals surface area (Å²) in [6.07, 6.45) is -0.210. The normalized spacial score (nSPS) is 24.3. The van der Waals surface area contributed by atoms with E-state index in [1.54, 1.807) is 12.1 Å². The smallest absolute Gasteiger partial charge is 0.206 e. The first-order valence-electron chi connectivity index (χ1n) is 7.28. The van der Waals surface area contributed by atoms with Crippen LogP contribution in [0.15, 0.2) is 52.3 Å². The molecule has 2 aromatic rings. The molecule has 23 heavy (non-hydrogen) atoms. The number of rotatable bonds is 2. The zero-order valence-corrected chi connectivity index (χ0v) is 13.4. The summed E-state index contributed by atoms with van der Waals surface area (Å²) in [5.41, 5.74) is 0.299. The highest BCUT2D eigenvalue weighted by atomic mass is 32.2. The molecule has 4 rings (SSSR count). The van der Waals surface area contributed by atoms with E-state index in [-0.39, 0.29) is 22.0 Å². The second-order valence-corrected chi connectivity index (χ2v) is 8.29. The van der Waals surface area contributed by atoms with Gasteiger partial charge in [-0.3, -0.25) is 0 Å². The van der Waals surface area contributed by atoms with Crippen LogP contribution in [0.5, 0.6) is 5.75 Å². The predicted molar refractivity (Wildman–Crippen MR) is 80.6 cm³/mol. The van der Waals surface area contributed by atoms with Crippen LogP contribution in [-0.2, 0) is 14.6 Å². The minimum atomic E-state index is -3.78. The number of fused-ring (bicyclic) bond motifs is 3. The van der Waals surface area contributed by atoms with Crippen molar-refractivity contribution in [2.45, 2.75) is 41.4 Å². The lowest BCUT2D eigenvalue weighted by Crippen LogP contribution is -2.37. The molecule has 0 bridgehead atoms. The van der Waals surface area contributed by atoms with E-state index in [4.69, 9.17) is 9.47 Å². The first kappa shape index (κ1) is 14.7. The minimum Gasteiger partial charge on any atom is -0.485 e. The van der Waals surface area contributed by atoms with Gasteiger partial charge >= 0.3 is 0 Å². The Hall–Kier alpha value is -1.92. The number of benzene rings is 2. The van der Waals surface area contributed by atoms with Crippen molar-refractivity contribution in [1.29, 1.82) is 0 Å². The van der Waals surface area contributed by atoms with Crippen molar-refractivity contribution < 1.29 is 22.3 Å². The molecule has 0 N–H and O–H groups in total. The number of halogens is 1. The van der Waals surface area contributed by atoms with Crippen molar-refractivity contribution in [2.75, 3.05) is 0 Å². The minimum absolute atomic E-state index is 0.0669. The maximum atomic E-state index is 13.3. The number of hydrogen-bond acceptors (Lipinski definition) is 4. The first-order valence-corrected chi connectivity index (χ1v) is 8.76. The molecule has 120 valence electrons. The fourth-order valence-corrected chi connectivity index (χ4v) is 4.33. The van der Waals surface area contributed by atoms with Gasteiger partial charge in [-0.2, -0.15) is 0 Å². The summed E-state index contributed by atoms with van der Waals surface area (Å²) in [5.74, 6) is 0.0478. The molecule has 1 fully saturated rings. The Morgan fingerprint density at radius 1 is 1.09 bits per heavy atom. The Morgan fingerprint density at radius 3 is 2.57 bits per heavy atom. The van der Waals surface area contributed by atoms with Gasteiger partial charge in [0.1, 0.15) is 29.4 Å². The van der Waals surface area contributed by atoms with Gasteiger partial charge in [0.05, 0.1) is 9.79 Å². The van der Waals surface area contributed by atoms with Gasteiger partial charge in [0.25, 0.3) is 0 Å². The average Bonchev–Trinajstić information content (AvgIpc) is 3.28. The van der Waals surface area contributed by atoms with Crippen LogP contribution in [0.1, 0.15) is 25.5 Å². The van der Waals surface area contributed by atoms with E-state index in [2.05, 4.69) is 0 Å². The molecule has 0 aliphatic carbocycles. The van der Waals surface area contributed by atoms with Crippen molar-refractivity contribution >= 4 is 9.84 Å². The van der Waals surface area contributed by atoms with E-state index in [0.29, 0.717) is 5.75 Å². The van der Waals surface area contributed by atoms with E-state index < -0.39 is 21.3 Å². The Morgan fingerprint density at radius 2 is 1.83 bits per heavy atom. The summed E-state index contributed by atoms with van der Waals surface area (Å²) in [7, 11) is -3.78. The summed E-state index contributed by atoms with van der Waals surface area (Å²) in [6.45, 7) is 3.88. The molecule has 1 saturated heterocycles. The van der Waals surface area contributed by atoms with E-state index in [9.17, 15) is 12.8 Å². The molecular formula is C17H15FO4S. The molecule has 2 aliphatic rings. The highest BCUT2D eigenvalue weighted by Gasteiger charge is 2.56. The van der Waals surface area contributed by atoms with Gasteiger partial charge in [-0.15, -0.1) is 0 Å². The van der Waals surface area contributed by atoms with E-state index in [1.165, 1.54) is 24.3 Å². The standard InChI is InChI=1S/C17H15FO4S/c1-17(2)16-15(21-16)13-9-12(6-7-14(13)22-17)23(19,20)11-5-3-4-10(18)8-11/h3-9,15-16H,1-2H3/t15-,16-/m0/s1. The molecule has 6 heteroatoms. The summed E-state index contributed by atoms with van der Waals surface area (Å²) in [5, 5.41) is 0. The third kappa shape index (κ3) is 2.24. The van der Waals surface area contributed by atoms with Crippen LogP contribution in [0.4, 0.5) is 4.39 Å². The fraction of sp³-hybridized carbons (Fsp3) is 0.294. The quantitative estimate of drug-likeness (QED) is 0.791. The number of ether oxygens (including phenoxy) is 2. The fourth-order valence-electron chi connectivity index (χ4n) is 3.00. The van der Waals surface area contributed by atoms with E-state index >= 15 is 0 Å². The predicted octanol–water partition coefficient (Wildman–Crippen LogP) is 3.27. The SMILES string of the molecule is CC1(C)Oc2ccc(S(=O)(=O)c3cccc(F)c3)cc2[C@@H]2O[C@@H]21. The van der Waals surface area contributed by atoms with Crippen molar-refractivity contribution in [2.24, 2.45) is 0 Å². The lowest BCUT2D eigenvalue weighted by molar-refractivity contribution is 0.0724. The summed E-state index contributed by atoms with van der Waals surface area (Å²) in [6, 6.07) is 9.68. The van der Waals surface area contributed by atoms with Crippen LogP contribution < -0.4 is 4.74 Å². The van der Waals surface area contributed by atoms with Crippen LogP contribution in [-0.4, -0.2) is 20.1 Å². The van der Waals surface area contributed by atoms with Crippen molar-refractivity contribution in [1.82, 2.24) is 0 Å². The Kier molecular flexibility index (Phi) is 2.90. The Bertz CT molecular complexity index is 905. The van der Waals surface area contributed by atoms with Gasteiger partial charge in [0.15, 0.2) is 0 Å². The third-order valence-corrected chi connectivity index (χ3v) is 6.00. The summed E-state index contributed by atoms with van der Waals surface area (Å²) < 4.78 is 50.2. The topological polar surface area (TPSA) is 55.9 Å². The van der Waals surface area contributed by atoms with Gasteiger partial charge in [-0.1, -0.05) is 6.07 Å². The molecule has 2 heterocycles. The first-order chi connectivity index (χ1) is 10.8. The van der Waals surface area contributed by atoms with Crippen LogP contribution in [0.25, 0.3) is 0 Å². The molecule has 0 spiro atoms. The lowest BCUT2D eigenvalue weighted by atomic mass is 9.94. The highest BCUT2D eigenvalue weighted by Crippen LogP contribution is 2.54. The van der Waals surface area contributed by atoms with Gasteiger partial charge in [-0.25, -0.2) is 12.8 Å². The second-order valence-electron chi connectivity index (χ2n) is 6.34. The zero-order valence-electron chi connectivity index (χ0n) is 12.6. The van der Waals surface area contributed by atoms with Crippen molar-refractivity contribution in [3.63, 3.8) is 0 Å². The Labute approximate surface area is 133 Å². The van der Waals surface area contributed by atoms with Gasteiger partial charge in [0, 0.05) is 5.56 Å². The molecular weight excluding hydrogens is 319 g/mol. The molecule has 4 nitrogen and oxygen atoms in total. The molecule has 0 saturated carbocycles. The van der Waals surface area contributed by atoms with Crippen LogP contribution in [0, 0.1) is 5.82 Å². The molecule has 0 aromatic heterocycles. The van der Waals surface area contributed by atoms with Crippen molar-refractivity contribution in [3.8, 4) is 5.75 Å². The van der Waals surface area contributed by atoms with Crippen LogP contribution >= 0.6 is 0 Å². The largest absolute Gasteiger partial charge is 0.485 e. The molecule has 2 atom stereocenters. The van der Waals surface area contributed by atoms with E-state index in [1.807, 2.05) is 13.8 Å². The number of hydrogen-bond donors (Lipinski definition) is 0. The molecule has 0 unspecified atom stereocenters. The van der Waals surface area contributed by atoms with Crippen LogP contribution in [0.3, 0.4) is 0 Å². The zero-order chi connectivity index (χ0) is 16.4. The highest BCUT2D eigenvalue weighted by molar-refractivity contribution is 7.91. The van der Waals surface area contributed by atoms with Gasteiger partial charge in [-0.05, 0) is 50.2 Å². The second kappa shape index (κ2) is 4.55. The summed E-state index contributed by atoms with van der Waals surface area (Å²) >= 11 is 0. The van der Waals surface area contributed by atoms with E-state index in [0.717, 1.165) is 11.6 Å². The monoisotopic (exact) mass is 334 g/mol. The maximum absolute atomic E-state index is 13.3. The van der Waals surface area contributed by atoms with Gasteiger partial charge < -0.3 is 9.47 Å². The summed E-state index contributed by atoms with van der Waals surface area (Å²) in [4.78, 5) is 0.0437. The molecule has 0 amide bonds. The van der Waals surface area contributed by atoms with Crippen LogP contribution in [0.2, 0.25) is 0 Å². The van der Waals surface area contributed by atoms with Crippen molar-refractivity contribution in [3.05, 3.63) is 53.8 Å². The molecule has 2 aliphatic heterocycles. The molecule has 2 aromatic carbocycles.